The number of hydrogen-bond donors (Lipinski definition) is 1. The summed E-state index contributed by atoms with van der Waals surface area (Å²) in [5.74, 6) is -0.760. The van der Waals surface area contributed by atoms with Crippen LogP contribution in [-0.4, -0.2) is 18.5 Å². The normalized spacial score (nSPS) is 11.9. The summed E-state index contributed by atoms with van der Waals surface area (Å²) in [6.07, 6.45) is 0. The van der Waals surface area contributed by atoms with E-state index in [4.69, 9.17) is 4.74 Å². The summed E-state index contributed by atoms with van der Waals surface area (Å²) >= 11 is 1.54. The van der Waals surface area contributed by atoms with E-state index in [0.29, 0.717) is 5.56 Å². The molecule has 0 spiro atoms. The van der Waals surface area contributed by atoms with Gasteiger partial charge in [0.1, 0.15) is 0 Å². The average molecular weight is 345 g/mol. The van der Waals surface area contributed by atoms with Crippen molar-refractivity contribution in [3.8, 4) is 0 Å². The molecule has 0 unspecified atom stereocenters. The summed E-state index contributed by atoms with van der Waals surface area (Å²) in [5.41, 5.74) is 3.96. The highest BCUT2D eigenvalue weighted by Gasteiger charge is 2.16. The van der Waals surface area contributed by atoms with Gasteiger partial charge in [-0.1, -0.05) is 18.2 Å². The van der Waals surface area contributed by atoms with Gasteiger partial charge in [-0.15, -0.1) is 11.3 Å². The first-order valence-electron chi connectivity index (χ1n) is 7.88. The van der Waals surface area contributed by atoms with Crippen LogP contribution in [0.1, 0.15) is 49.8 Å². The highest BCUT2D eigenvalue weighted by molar-refractivity contribution is 7.12. The van der Waals surface area contributed by atoms with Gasteiger partial charge in [0.05, 0.1) is 11.6 Å². The molecule has 2 aromatic rings. The monoisotopic (exact) mass is 345 g/mol. The minimum atomic E-state index is -0.453. The van der Waals surface area contributed by atoms with Crippen LogP contribution in [0, 0.1) is 27.7 Å². The number of esters is 1. The zero-order valence-corrected chi connectivity index (χ0v) is 15.5. The molecule has 2 rings (SSSR count). The van der Waals surface area contributed by atoms with Crippen LogP contribution < -0.4 is 5.32 Å². The van der Waals surface area contributed by atoms with Crippen molar-refractivity contribution in [1.82, 2.24) is 5.32 Å². The topological polar surface area (TPSA) is 55.4 Å². The lowest BCUT2D eigenvalue weighted by Gasteiger charge is -2.15. The predicted molar refractivity (Wildman–Crippen MR) is 96.5 cm³/mol. The first kappa shape index (κ1) is 18.2. The molecule has 1 heterocycles. The van der Waals surface area contributed by atoms with Crippen LogP contribution in [-0.2, 0) is 9.53 Å². The highest BCUT2D eigenvalue weighted by atomic mass is 32.1. The molecule has 4 nitrogen and oxygen atoms in total. The second-order valence-corrected chi connectivity index (χ2v) is 7.50. The number of carbonyl (C=O) groups is 2. The molecule has 1 atom stereocenters. The Morgan fingerprint density at radius 2 is 1.83 bits per heavy atom. The van der Waals surface area contributed by atoms with Gasteiger partial charge in [0, 0.05) is 9.75 Å². The van der Waals surface area contributed by atoms with Crippen molar-refractivity contribution in [3.63, 3.8) is 0 Å². The molecule has 0 aliphatic rings. The van der Waals surface area contributed by atoms with E-state index in [0.717, 1.165) is 15.3 Å². The number of ether oxygens (including phenoxy) is 1. The molecule has 128 valence electrons. The molecule has 0 bridgehead atoms. The van der Waals surface area contributed by atoms with Gasteiger partial charge in [-0.05, 0) is 57.4 Å². The zero-order chi connectivity index (χ0) is 17.9. The van der Waals surface area contributed by atoms with Crippen LogP contribution in [0.4, 0.5) is 0 Å². The van der Waals surface area contributed by atoms with Crippen LogP contribution in [0.5, 0.6) is 0 Å². The maximum absolute atomic E-state index is 12.0. The van der Waals surface area contributed by atoms with E-state index in [1.54, 1.807) is 17.4 Å². The fourth-order valence-electron chi connectivity index (χ4n) is 2.44. The maximum Gasteiger partial charge on any atom is 0.339 e. The molecule has 24 heavy (non-hydrogen) atoms. The van der Waals surface area contributed by atoms with Crippen molar-refractivity contribution in [2.45, 2.75) is 40.7 Å². The van der Waals surface area contributed by atoms with Crippen molar-refractivity contribution >= 4 is 23.2 Å². The fraction of sp³-hybridized carbons (Fsp3) is 0.368. The number of benzene rings is 1. The van der Waals surface area contributed by atoms with Crippen molar-refractivity contribution in [3.05, 3.63) is 56.3 Å². The van der Waals surface area contributed by atoms with Crippen molar-refractivity contribution < 1.29 is 14.3 Å². The second-order valence-electron chi connectivity index (χ2n) is 6.04. The molecule has 0 aliphatic heterocycles. The lowest BCUT2D eigenvalue weighted by atomic mass is 10.0. The standard InChI is InChI=1S/C19H23NO3S/c1-11-6-7-16(8-12(11)2)14(4)20-18(21)10-23-19(22)17-9-13(3)24-15(17)5/h6-9,14H,10H2,1-5H3,(H,20,21)/t14-/m1/s1. The molecule has 1 amide bonds. The Morgan fingerprint density at radius 1 is 1.12 bits per heavy atom. The lowest BCUT2D eigenvalue weighted by Crippen LogP contribution is -2.31. The molecule has 1 aromatic carbocycles. The van der Waals surface area contributed by atoms with Gasteiger partial charge in [-0.3, -0.25) is 4.79 Å². The van der Waals surface area contributed by atoms with Gasteiger partial charge in [-0.25, -0.2) is 4.79 Å². The van der Waals surface area contributed by atoms with Gasteiger partial charge in [0.25, 0.3) is 5.91 Å². The number of amides is 1. The predicted octanol–water partition coefficient (Wildman–Crippen LogP) is 4.02. The first-order valence-corrected chi connectivity index (χ1v) is 8.70. The molecule has 0 saturated carbocycles. The van der Waals surface area contributed by atoms with E-state index < -0.39 is 5.97 Å². The molecular formula is C19H23NO3S. The summed E-state index contributed by atoms with van der Waals surface area (Å²) in [7, 11) is 0. The molecule has 0 radical (unpaired) electrons. The Morgan fingerprint density at radius 3 is 2.42 bits per heavy atom. The minimum absolute atomic E-state index is 0.138. The van der Waals surface area contributed by atoms with E-state index in [1.165, 1.54) is 11.1 Å². The number of carbonyl (C=O) groups excluding carboxylic acids is 2. The molecule has 1 N–H and O–H groups in total. The van der Waals surface area contributed by atoms with Gasteiger partial charge < -0.3 is 10.1 Å². The average Bonchev–Trinajstić information content (AvgIpc) is 2.86. The summed E-state index contributed by atoms with van der Waals surface area (Å²) in [6, 6.07) is 7.74. The Bertz CT molecular complexity index is 764. The summed E-state index contributed by atoms with van der Waals surface area (Å²) in [5, 5.41) is 2.86. The maximum atomic E-state index is 12.0. The summed E-state index contributed by atoms with van der Waals surface area (Å²) in [6.45, 7) is 9.54. The third-order valence-electron chi connectivity index (χ3n) is 4.00. The van der Waals surface area contributed by atoms with E-state index in [1.807, 2.05) is 39.8 Å². The first-order chi connectivity index (χ1) is 11.3. The third kappa shape index (κ3) is 4.45. The number of aryl methyl sites for hydroxylation is 4. The molecular weight excluding hydrogens is 322 g/mol. The fourth-order valence-corrected chi connectivity index (χ4v) is 3.35. The number of rotatable bonds is 5. The minimum Gasteiger partial charge on any atom is -0.452 e. The van der Waals surface area contributed by atoms with Crippen LogP contribution in [0.2, 0.25) is 0 Å². The number of hydrogen-bond acceptors (Lipinski definition) is 4. The molecule has 1 aromatic heterocycles. The van der Waals surface area contributed by atoms with Gasteiger partial charge >= 0.3 is 5.97 Å². The van der Waals surface area contributed by atoms with Crippen LogP contribution in [0.25, 0.3) is 0 Å². The molecule has 0 saturated heterocycles. The SMILES string of the molecule is Cc1cc(C(=O)OCC(=O)N[C@H](C)c2ccc(C)c(C)c2)c(C)s1. The smallest absolute Gasteiger partial charge is 0.339 e. The summed E-state index contributed by atoms with van der Waals surface area (Å²) < 4.78 is 5.12. The van der Waals surface area contributed by atoms with Crippen LogP contribution >= 0.6 is 11.3 Å². The molecule has 0 aliphatic carbocycles. The van der Waals surface area contributed by atoms with E-state index in [2.05, 4.69) is 18.3 Å². The highest BCUT2D eigenvalue weighted by Crippen LogP contribution is 2.21. The third-order valence-corrected chi connectivity index (χ3v) is 4.97. The molecule has 5 heteroatoms. The Hall–Kier alpha value is -2.14. The van der Waals surface area contributed by atoms with Gasteiger partial charge in [-0.2, -0.15) is 0 Å². The van der Waals surface area contributed by atoms with Crippen LogP contribution in [0.15, 0.2) is 24.3 Å². The quantitative estimate of drug-likeness (QED) is 0.833. The zero-order valence-electron chi connectivity index (χ0n) is 14.7. The summed E-state index contributed by atoms with van der Waals surface area (Å²) in [4.78, 5) is 26.0. The lowest BCUT2D eigenvalue weighted by molar-refractivity contribution is -0.124. The Kier molecular flexibility index (Phi) is 5.78. The van der Waals surface area contributed by atoms with Gasteiger partial charge in [0.2, 0.25) is 0 Å². The van der Waals surface area contributed by atoms with Crippen molar-refractivity contribution in [2.75, 3.05) is 6.61 Å². The Balaban J connectivity index is 1.89. The number of thiophene rings is 1. The van der Waals surface area contributed by atoms with E-state index in [-0.39, 0.29) is 18.6 Å². The van der Waals surface area contributed by atoms with Crippen LogP contribution in [0.3, 0.4) is 0 Å². The van der Waals surface area contributed by atoms with Gasteiger partial charge in [0.15, 0.2) is 6.61 Å². The largest absolute Gasteiger partial charge is 0.452 e. The van der Waals surface area contributed by atoms with Crippen molar-refractivity contribution in [1.29, 1.82) is 0 Å². The van der Waals surface area contributed by atoms with Crippen molar-refractivity contribution in [2.24, 2.45) is 0 Å². The molecule has 0 fully saturated rings. The second kappa shape index (κ2) is 7.62. The number of nitrogens with one attached hydrogen (secondary N) is 1. The van der Waals surface area contributed by atoms with E-state index in [9.17, 15) is 9.59 Å². The van der Waals surface area contributed by atoms with E-state index >= 15 is 0 Å². The Labute approximate surface area is 146 Å².